The SMILES string of the molecule is COCCNC(=O)c1ccnc(Nc2ccc(C(F)(F)F)cc2)c1. The second-order valence-electron chi connectivity index (χ2n) is 4.88. The molecule has 0 unspecified atom stereocenters. The fraction of sp³-hybridized carbons (Fsp3) is 0.250. The van der Waals surface area contributed by atoms with E-state index in [1.54, 1.807) is 6.07 Å². The van der Waals surface area contributed by atoms with Gasteiger partial charge in [-0.15, -0.1) is 0 Å². The molecule has 0 aliphatic carbocycles. The van der Waals surface area contributed by atoms with Gasteiger partial charge < -0.3 is 15.4 Å². The minimum atomic E-state index is -4.38. The molecule has 0 bridgehead atoms. The third-order valence-corrected chi connectivity index (χ3v) is 3.10. The molecule has 0 aliphatic heterocycles. The first-order valence-electron chi connectivity index (χ1n) is 7.07. The molecular weight excluding hydrogens is 323 g/mol. The zero-order chi connectivity index (χ0) is 17.6. The van der Waals surface area contributed by atoms with Crippen LogP contribution in [0.1, 0.15) is 15.9 Å². The average molecular weight is 339 g/mol. The van der Waals surface area contributed by atoms with E-state index >= 15 is 0 Å². The van der Waals surface area contributed by atoms with Crippen LogP contribution < -0.4 is 10.6 Å². The van der Waals surface area contributed by atoms with Crippen LogP contribution in [0.25, 0.3) is 0 Å². The minimum absolute atomic E-state index is 0.287. The number of amides is 1. The number of nitrogens with one attached hydrogen (secondary N) is 2. The summed E-state index contributed by atoms with van der Waals surface area (Å²) < 4.78 is 42.4. The smallest absolute Gasteiger partial charge is 0.383 e. The van der Waals surface area contributed by atoms with Gasteiger partial charge in [0.15, 0.2) is 0 Å². The maximum atomic E-state index is 12.5. The molecule has 2 N–H and O–H groups in total. The fourth-order valence-electron chi connectivity index (χ4n) is 1.90. The van der Waals surface area contributed by atoms with Gasteiger partial charge in [-0.2, -0.15) is 13.2 Å². The third kappa shape index (κ3) is 4.95. The van der Waals surface area contributed by atoms with Crippen LogP contribution in [-0.4, -0.2) is 31.2 Å². The van der Waals surface area contributed by atoms with Gasteiger partial charge in [0.25, 0.3) is 5.91 Å². The van der Waals surface area contributed by atoms with Crippen LogP contribution >= 0.6 is 0 Å². The Hall–Kier alpha value is -2.61. The Labute approximate surface area is 136 Å². The van der Waals surface area contributed by atoms with Gasteiger partial charge >= 0.3 is 6.18 Å². The number of nitrogens with zero attached hydrogens (tertiary/aromatic N) is 1. The molecule has 0 saturated heterocycles. The highest BCUT2D eigenvalue weighted by molar-refractivity contribution is 5.94. The van der Waals surface area contributed by atoms with Crippen molar-refractivity contribution in [1.82, 2.24) is 10.3 Å². The average Bonchev–Trinajstić information content (AvgIpc) is 2.55. The molecule has 0 spiro atoms. The third-order valence-electron chi connectivity index (χ3n) is 3.10. The quantitative estimate of drug-likeness (QED) is 0.793. The first-order chi connectivity index (χ1) is 11.4. The molecule has 128 valence electrons. The molecule has 0 atom stereocenters. The molecule has 1 aromatic heterocycles. The molecule has 0 fully saturated rings. The van der Waals surface area contributed by atoms with Gasteiger partial charge in [-0.1, -0.05) is 0 Å². The van der Waals surface area contributed by atoms with Gasteiger partial charge in [-0.25, -0.2) is 4.98 Å². The summed E-state index contributed by atoms with van der Waals surface area (Å²) in [4.78, 5) is 16.0. The summed E-state index contributed by atoms with van der Waals surface area (Å²) in [5.41, 5.74) is 0.0928. The Kier molecular flexibility index (Phi) is 5.75. The molecule has 5 nitrogen and oxygen atoms in total. The van der Waals surface area contributed by atoms with Gasteiger partial charge in [0.1, 0.15) is 5.82 Å². The number of anilines is 2. The van der Waals surface area contributed by atoms with E-state index in [2.05, 4.69) is 15.6 Å². The summed E-state index contributed by atoms with van der Waals surface area (Å²) in [5.74, 6) is 0.0686. The van der Waals surface area contributed by atoms with Crippen molar-refractivity contribution in [2.45, 2.75) is 6.18 Å². The summed E-state index contributed by atoms with van der Waals surface area (Å²) >= 11 is 0. The van der Waals surface area contributed by atoms with Crippen LogP contribution in [0.5, 0.6) is 0 Å². The van der Waals surface area contributed by atoms with E-state index < -0.39 is 11.7 Å². The number of hydrogen-bond acceptors (Lipinski definition) is 4. The van der Waals surface area contributed by atoms with E-state index in [4.69, 9.17) is 4.74 Å². The van der Waals surface area contributed by atoms with Gasteiger partial charge in [0.05, 0.1) is 12.2 Å². The molecule has 1 amide bonds. The van der Waals surface area contributed by atoms with E-state index in [-0.39, 0.29) is 5.91 Å². The van der Waals surface area contributed by atoms with Crippen molar-refractivity contribution in [2.75, 3.05) is 25.6 Å². The molecule has 2 rings (SSSR count). The van der Waals surface area contributed by atoms with E-state index in [0.29, 0.717) is 30.2 Å². The van der Waals surface area contributed by atoms with Gasteiger partial charge in [-0.05, 0) is 36.4 Å². The number of ether oxygens (including phenoxy) is 1. The highest BCUT2D eigenvalue weighted by Gasteiger charge is 2.29. The van der Waals surface area contributed by atoms with Crippen molar-refractivity contribution in [3.8, 4) is 0 Å². The number of pyridine rings is 1. The van der Waals surface area contributed by atoms with Crippen LogP contribution in [0.3, 0.4) is 0 Å². The number of aromatic nitrogens is 1. The zero-order valence-corrected chi connectivity index (χ0v) is 12.9. The van der Waals surface area contributed by atoms with Crippen LogP contribution in [0.4, 0.5) is 24.7 Å². The van der Waals surface area contributed by atoms with E-state index in [0.717, 1.165) is 12.1 Å². The van der Waals surface area contributed by atoms with Gasteiger partial charge in [-0.3, -0.25) is 4.79 Å². The number of alkyl halides is 3. The van der Waals surface area contributed by atoms with Gasteiger partial charge in [0.2, 0.25) is 0 Å². The Balaban J connectivity index is 2.05. The lowest BCUT2D eigenvalue weighted by Crippen LogP contribution is -2.26. The molecule has 24 heavy (non-hydrogen) atoms. The molecule has 0 saturated carbocycles. The van der Waals surface area contributed by atoms with Crippen molar-refractivity contribution in [3.63, 3.8) is 0 Å². The molecule has 0 radical (unpaired) electrons. The van der Waals surface area contributed by atoms with Crippen LogP contribution in [0, 0.1) is 0 Å². The normalized spacial score (nSPS) is 11.2. The Morgan fingerprint density at radius 2 is 1.92 bits per heavy atom. The summed E-state index contributed by atoms with van der Waals surface area (Å²) in [6, 6.07) is 7.61. The second-order valence-corrected chi connectivity index (χ2v) is 4.88. The van der Waals surface area contributed by atoms with Crippen LogP contribution in [-0.2, 0) is 10.9 Å². The number of carbonyl (C=O) groups is 1. The molecule has 2 aromatic rings. The standard InChI is InChI=1S/C16H16F3N3O2/c1-24-9-8-21-15(23)11-6-7-20-14(10-11)22-13-4-2-12(3-5-13)16(17,18)19/h2-7,10H,8-9H2,1H3,(H,20,22)(H,21,23). The maximum absolute atomic E-state index is 12.5. The van der Waals surface area contributed by atoms with Crippen LogP contribution in [0.15, 0.2) is 42.6 Å². The maximum Gasteiger partial charge on any atom is 0.416 e. The zero-order valence-electron chi connectivity index (χ0n) is 12.9. The lowest BCUT2D eigenvalue weighted by Gasteiger charge is -2.10. The Morgan fingerprint density at radius 3 is 2.54 bits per heavy atom. The number of rotatable bonds is 6. The molecule has 8 heteroatoms. The highest BCUT2D eigenvalue weighted by Crippen LogP contribution is 2.30. The topological polar surface area (TPSA) is 63.2 Å². The highest BCUT2D eigenvalue weighted by atomic mass is 19.4. The number of halogens is 3. The second kappa shape index (κ2) is 7.78. The van der Waals surface area contributed by atoms with E-state index in [1.165, 1.54) is 31.5 Å². The number of methoxy groups -OCH3 is 1. The molecular formula is C16H16F3N3O2. The number of benzene rings is 1. The molecule has 1 heterocycles. The van der Waals surface area contributed by atoms with Crippen molar-refractivity contribution in [3.05, 3.63) is 53.7 Å². The van der Waals surface area contributed by atoms with Gasteiger partial charge in [0, 0.05) is 31.1 Å². The number of carbonyl (C=O) groups excluding carboxylic acids is 1. The first kappa shape index (κ1) is 17.7. The van der Waals surface area contributed by atoms with Crippen molar-refractivity contribution >= 4 is 17.4 Å². The van der Waals surface area contributed by atoms with Crippen LogP contribution in [0.2, 0.25) is 0 Å². The minimum Gasteiger partial charge on any atom is -0.383 e. The van der Waals surface area contributed by atoms with E-state index in [1.807, 2.05) is 0 Å². The predicted octanol–water partition coefficient (Wildman–Crippen LogP) is 3.22. The molecule has 0 aliphatic rings. The van der Waals surface area contributed by atoms with Crippen molar-refractivity contribution < 1.29 is 22.7 Å². The summed E-state index contributed by atoms with van der Waals surface area (Å²) in [7, 11) is 1.53. The predicted molar refractivity (Wildman–Crippen MR) is 83.2 cm³/mol. The summed E-state index contributed by atoms with van der Waals surface area (Å²) in [6.07, 6.45) is -2.94. The fourth-order valence-corrected chi connectivity index (χ4v) is 1.90. The van der Waals surface area contributed by atoms with E-state index in [9.17, 15) is 18.0 Å². The monoisotopic (exact) mass is 339 g/mol. The number of hydrogen-bond donors (Lipinski definition) is 2. The Bertz CT molecular complexity index is 688. The van der Waals surface area contributed by atoms with Crippen molar-refractivity contribution in [1.29, 1.82) is 0 Å². The largest absolute Gasteiger partial charge is 0.416 e. The lowest BCUT2D eigenvalue weighted by molar-refractivity contribution is -0.137. The summed E-state index contributed by atoms with van der Waals surface area (Å²) in [5, 5.41) is 5.53. The van der Waals surface area contributed by atoms with Crippen molar-refractivity contribution in [2.24, 2.45) is 0 Å². The summed E-state index contributed by atoms with van der Waals surface area (Å²) in [6.45, 7) is 0.771. The Morgan fingerprint density at radius 1 is 1.21 bits per heavy atom. The first-order valence-corrected chi connectivity index (χ1v) is 7.07. The molecule has 1 aromatic carbocycles. The lowest BCUT2D eigenvalue weighted by atomic mass is 10.2.